The first-order chi connectivity index (χ1) is 12.5. The highest BCUT2D eigenvalue weighted by Gasteiger charge is 2.23. The Hall–Kier alpha value is -2.43. The molecular formula is C16H15ClN2O6S2. The number of benzene rings is 1. The van der Waals surface area contributed by atoms with Crippen LogP contribution in [0.2, 0.25) is 5.02 Å². The summed E-state index contributed by atoms with van der Waals surface area (Å²) < 4.78 is 28.4. The molecule has 0 aliphatic heterocycles. The molecule has 1 aromatic carbocycles. The number of hydrogen-bond donors (Lipinski definition) is 2. The lowest BCUT2D eigenvalue weighted by molar-refractivity contribution is -0.123. The summed E-state index contributed by atoms with van der Waals surface area (Å²) in [4.78, 5) is 35.4. The highest BCUT2D eigenvalue weighted by Crippen LogP contribution is 2.24. The Kier molecular flexibility index (Phi) is 6.24. The van der Waals surface area contributed by atoms with E-state index in [-0.39, 0.29) is 26.0 Å². The zero-order valence-corrected chi connectivity index (χ0v) is 16.6. The van der Waals surface area contributed by atoms with Gasteiger partial charge in [-0.3, -0.25) is 9.59 Å². The molecule has 1 aromatic heterocycles. The van der Waals surface area contributed by atoms with E-state index in [4.69, 9.17) is 22.1 Å². The third-order valence-electron chi connectivity index (χ3n) is 3.39. The van der Waals surface area contributed by atoms with E-state index < -0.39 is 33.7 Å². The average molecular weight is 431 g/mol. The minimum absolute atomic E-state index is 0.0310. The molecule has 0 spiro atoms. The number of carbonyl (C=O) groups excluding carboxylic acids is 3. The van der Waals surface area contributed by atoms with E-state index in [0.717, 1.165) is 23.7 Å². The number of anilines is 1. The number of nitrogens with two attached hydrogens (primary N) is 1. The van der Waals surface area contributed by atoms with Crippen LogP contribution in [0.4, 0.5) is 5.00 Å². The fourth-order valence-electron chi connectivity index (χ4n) is 2.01. The number of primary amides is 1. The molecule has 0 bridgehead atoms. The van der Waals surface area contributed by atoms with Crippen LogP contribution in [0.1, 0.15) is 27.6 Å². The van der Waals surface area contributed by atoms with Crippen molar-refractivity contribution in [3.63, 3.8) is 0 Å². The summed E-state index contributed by atoms with van der Waals surface area (Å²) in [6.45, 7) is 1.33. The minimum Gasteiger partial charge on any atom is -0.449 e. The molecule has 0 saturated carbocycles. The Balaban J connectivity index is 2.12. The molecule has 0 radical (unpaired) electrons. The van der Waals surface area contributed by atoms with Crippen molar-refractivity contribution >= 4 is 55.6 Å². The smallest absolute Gasteiger partial charge is 0.338 e. The zero-order chi connectivity index (χ0) is 20.4. The second kappa shape index (κ2) is 8.07. The van der Waals surface area contributed by atoms with Gasteiger partial charge in [0.25, 0.3) is 11.8 Å². The Labute approximate surface area is 164 Å². The van der Waals surface area contributed by atoms with Crippen molar-refractivity contribution in [2.45, 2.75) is 17.9 Å². The maximum Gasteiger partial charge on any atom is 0.338 e. The summed E-state index contributed by atoms with van der Waals surface area (Å²) >= 11 is 6.92. The first-order valence-electron chi connectivity index (χ1n) is 7.39. The molecule has 1 atom stereocenters. The third kappa shape index (κ3) is 5.06. The number of hydrogen-bond acceptors (Lipinski definition) is 7. The molecule has 2 rings (SSSR count). The van der Waals surface area contributed by atoms with Crippen LogP contribution >= 0.6 is 22.9 Å². The van der Waals surface area contributed by atoms with Gasteiger partial charge in [-0.2, -0.15) is 0 Å². The van der Waals surface area contributed by atoms with Gasteiger partial charge in [0.1, 0.15) is 5.00 Å². The van der Waals surface area contributed by atoms with Crippen molar-refractivity contribution in [3.8, 4) is 0 Å². The summed E-state index contributed by atoms with van der Waals surface area (Å²) in [6.07, 6.45) is -0.255. The minimum atomic E-state index is -3.64. The van der Waals surface area contributed by atoms with Crippen LogP contribution in [0.3, 0.4) is 0 Å². The molecule has 0 aliphatic carbocycles. The van der Waals surface area contributed by atoms with Crippen molar-refractivity contribution in [2.24, 2.45) is 5.73 Å². The largest absolute Gasteiger partial charge is 0.449 e. The normalized spacial score (nSPS) is 12.3. The van der Waals surface area contributed by atoms with Crippen LogP contribution in [0, 0.1) is 0 Å². The Bertz CT molecular complexity index is 1020. The second-order valence-corrected chi connectivity index (χ2v) is 8.79. The first kappa shape index (κ1) is 20.9. The van der Waals surface area contributed by atoms with Gasteiger partial charge in [-0.25, -0.2) is 13.2 Å². The van der Waals surface area contributed by atoms with E-state index in [1.807, 2.05) is 0 Å². The highest BCUT2D eigenvalue weighted by atomic mass is 35.5. The average Bonchev–Trinajstić information content (AvgIpc) is 3.02. The molecule has 2 amide bonds. The van der Waals surface area contributed by atoms with Gasteiger partial charge in [-0.1, -0.05) is 11.6 Å². The van der Waals surface area contributed by atoms with E-state index in [1.165, 1.54) is 25.1 Å². The summed E-state index contributed by atoms with van der Waals surface area (Å²) in [7, 11) is -3.64. The summed E-state index contributed by atoms with van der Waals surface area (Å²) in [5.74, 6) is -2.28. The number of sulfone groups is 1. The Morgan fingerprint density at radius 2 is 1.93 bits per heavy atom. The highest BCUT2D eigenvalue weighted by molar-refractivity contribution is 7.90. The van der Waals surface area contributed by atoms with Crippen LogP contribution in [-0.4, -0.2) is 38.6 Å². The maximum absolute atomic E-state index is 12.2. The van der Waals surface area contributed by atoms with Crippen molar-refractivity contribution < 1.29 is 27.5 Å². The number of thiophene rings is 1. The fourth-order valence-corrected chi connectivity index (χ4v) is 4.11. The summed E-state index contributed by atoms with van der Waals surface area (Å²) in [5, 5.41) is 4.24. The summed E-state index contributed by atoms with van der Waals surface area (Å²) in [6, 6.07) is 5.08. The quantitative estimate of drug-likeness (QED) is 0.674. The molecule has 8 nitrogen and oxygen atoms in total. The monoisotopic (exact) mass is 430 g/mol. The van der Waals surface area contributed by atoms with E-state index in [2.05, 4.69) is 5.32 Å². The lowest BCUT2D eigenvalue weighted by Gasteiger charge is -2.14. The van der Waals surface area contributed by atoms with Crippen LogP contribution in [0.25, 0.3) is 0 Å². The molecule has 27 heavy (non-hydrogen) atoms. The van der Waals surface area contributed by atoms with Gasteiger partial charge in [-0.15, -0.1) is 11.3 Å². The van der Waals surface area contributed by atoms with Crippen molar-refractivity contribution in [1.29, 1.82) is 0 Å². The Morgan fingerprint density at radius 1 is 1.26 bits per heavy atom. The number of halogens is 1. The van der Waals surface area contributed by atoms with Gasteiger partial charge in [-0.05, 0) is 36.6 Å². The van der Waals surface area contributed by atoms with Crippen LogP contribution in [0.15, 0.2) is 34.5 Å². The van der Waals surface area contributed by atoms with E-state index >= 15 is 0 Å². The molecule has 3 N–H and O–H groups in total. The topological polar surface area (TPSA) is 133 Å². The predicted molar refractivity (Wildman–Crippen MR) is 101 cm³/mol. The van der Waals surface area contributed by atoms with E-state index in [1.54, 1.807) is 5.38 Å². The van der Waals surface area contributed by atoms with Gasteiger partial charge in [0.05, 0.1) is 21.0 Å². The van der Waals surface area contributed by atoms with E-state index in [0.29, 0.717) is 0 Å². The van der Waals surface area contributed by atoms with Gasteiger partial charge in [0.15, 0.2) is 15.9 Å². The van der Waals surface area contributed by atoms with Crippen molar-refractivity contribution in [2.75, 3.05) is 11.6 Å². The zero-order valence-electron chi connectivity index (χ0n) is 14.2. The number of carbonyl (C=O) groups is 3. The molecule has 0 saturated heterocycles. The van der Waals surface area contributed by atoms with Gasteiger partial charge in [0.2, 0.25) is 0 Å². The molecular weight excluding hydrogens is 416 g/mol. The first-order valence-corrected chi connectivity index (χ1v) is 10.5. The van der Waals surface area contributed by atoms with Crippen molar-refractivity contribution in [3.05, 3.63) is 45.8 Å². The van der Waals surface area contributed by atoms with Gasteiger partial charge in [0, 0.05) is 6.26 Å². The number of amides is 2. The lowest BCUT2D eigenvalue weighted by atomic mass is 10.2. The van der Waals surface area contributed by atoms with Crippen LogP contribution < -0.4 is 11.1 Å². The number of rotatable bonds is 6. The number of esters is 1. The van der Waals surface area contributed by atoms with Crippen molar-refractivity contribution in [1.82, 2.24) is 0 Å². The van der Waals surface area contributed by atoms with Crippen LogP contribution in [-0.2, 0) is 19.4 Å². The predicted octanol–water partition coefficient (Wildman–Crippen LogP) is 2.09. The number of ether oxygens (including phenoxy) is 1. The molecule has 0 aliphatic rings. The SMILES string of the molecule is CC(OC(=O)c1ccc(Cl)c(S(C)(=O)=O)c1)C(=O)Nc1sccc1C(N)=O. The fraction of sp³-hybridized carbons (Fsp3) is 0.188. The standard InChI is InChI=1S/C16H15ClN2O6S2/c1-8(14(21)19-15-10(13(18)20)5-6-26-15)25-16(22)9-3-4-11(17)12(7-9)27(2,23)24/h3-8H,1-2H3,(H2,18,20)(H,19,21). The molecule has 1 heterocycles. The van der Waals surface area contributed by atoms with E-state index in [9.17, 15) is 22.8 Å². The number of nitrogens with one attached hydrogen (secondary N) is 1. The van der Waals surface area contributed by atoms with Gasteiger partial charge < -0.3 is 15.8 Å². The molecule has 11 heteroatoms. The third-order valence-corrected chi connectivity index (χ3v) is 5.80. The molecule has 1 unspecified atom stereocenters. The Morgan fingerprint density at radius 3 is 2.52 bits per heavy atom. The molecule has 2 aromatic rings. The maximum atomic E-state index is 12.2. The summed E-state index contributed by atoms with van der Waals surface area (Å²) in [5.41, 5.74) is 5.27. The van der Waals surface area contributed by atoms with Gasteiger partial charge >= 0.3 is 5.97 Å². The van der Waals surface area contributed by atoms with Crippen LogP contribution in [0.5, 0.6) is 0 Å². The molecule has 0 fully saturated rings. The molecule has 144 valence electrons. The second-order valence-electron chi connectivity index (χ2n) is 5.48. The lowest BCUT2D eigenvalue weighted by Crippen LogP contribution is -2.30.